The second kappa shape index (κ2) is 9.60. The van der Waals surface area contributed by atoms with Crippen molar-refractivity contribution in [3.8, 4) is 0 Å². The molecule has 2 saturated heterocycles. The van der Waals surface area contributed by atoms with E-state index in [0.29, 0.717) is 19.6 Å². The van der Waals surface area contributed by atoms with Crippen LogP contribution in [0, 0.1) is 11.7 Å². The summed E-state index contributed by atoms with van der Waals surface area (Å²) in [5.41, 5.74) is 0.980. The van der Waals surface area contributed by atoms with Crippen molar-refractivity contribution < 1.29 is 24.1 Å². The average molecular weight is 422 g/mol. The predicted molar refractivity (Wildman–Crippen MR) is 111 cm³/mol. The summed E-state index contributed by atoms with van der Waals surface area (Å²) in [5.74, 6) is -0.0956. The van der Waals surface area contributed by atoms with Gasteiger partial charge >= 0.3 is 0 Å². The molecular weight excluding hydrogens is 389 g/mol. The zero-order valence-corrected chi connectivity index (χ0v) is 17.3. The van der Waals surface area contributed by atoms with E-state index in [9.17, 15) is 19.4 Å². The molecule has 4 atom stereocenters. The van der Waals surface area contributed by atoms with Crippen molar-refractivity contribution in [1.82, 2.24) is 10.2 Å². The molecule has 1 saturated carbocycles. The summed E-state index contributed by atoms with van der Waals surface area (Å²) >= 11 is 0. The molecule has 0 unspecified atom stereocenters. The fourth-order valence-electron chi connectivity index (χ4n) is 5.06. The van der Waals surface area contributed by atoms with Gasteiger partial charge in [0.05, 0.1) is 18.8 Å². The van der Waals surface area contributed by atoms with Crippen LogP contribution in [0.3, 0.4) is 0 Å². The minimum Gasteiger partial charge on any atom is -0.394 e. The second-order valence-electron chi connectivity index (χ2n) is 8.60. The third-order valence-corrected chi connectivity index (χ3v) is 6.77. The number of halogens is 1. The average Bonchev–Trinajstić information content (AvgIpc) is 3.41. The zero-order valence-electron chi connectivity index (χ0n) is 17.3. The normalized spacial score (nSPS) is 30.7. The Hall–Kier alpha value is -1.74. The molecule has 1 aliphatic carbocycles. The molecule has 30 heavy (non-hydrogen) atoms. The van der Waals surface area contributed by atoms with E-state index in [1.54, 1.807) is 12.1 Å². The van der Waals surface area contributed by atoms with Gasteiger partial charge in [-0.05, 0) is 37.1 Å². The van der Waals surface area contributed by atoms with Gasteiger partial charge in [0.1, 0.15) is 18.0 Å². The van der Waals surface area contributed by atoms with Crippen LogP contribution >= 0.6 is 0 Å². The van der Waals surface area contributed by atoms with E-state index in [-0.39, 0.29) is 36.4 Å². The van der Waals surface area contributed by atoms with E-state index in [2.05, 4.69) is 15.1 Å². The molecule has 4 rings (SSSR count). The lowest BCUT2D eigenvalue weighted by molar-refractivity contribution is -0.125. The third kappa shape index (κ3) is 4.61. The van der Waals surface area contributed by atoms with Crippen molar-refractivity contribution in [2.24, 2.45) is 5.92 Å². The fourth-order valence-corrected chi connectivity index (χ4v) is 5.06. The zero-order chi connectivity index (χ0) is 21.1. The van der Waals surface area contributed by atoms with E-state index in [4.69, 9.17) is 4.74 Å². The van der Waals surface area contributed by atoms with Crippen LogP contribution in [-0.4, -0.2) is 84.7 Å². The SMILES string of the molecule is O=C(NC[C@H]1O[C@@H](CO)[C@@H](O)[C@@H]1N1CCN(c2ccc(F)cc2)CC1)C1CCCC1. The molecular formula is C22H32FN3O4. The fraction of sp³-hybridized carbons (Fsp3) is 0.682. The number of hydrogen-bond donors (Lipinski definition) is 3. The van der Waals surface area contributed by atoms with Crippen molar-refractivity contribution >= 4 is 11.6 Å². The number of carbonyl (C=O) groups is 1. The van der Waals surface area contributed by atoms with Crippen LogP contribution in [0.4, 0.5) is 10.1 Å². The molecule has 0 spiro atoms. The van der Waals surface area contributed by atoms with E-state index in [0.717, 1.165) is 44.5 Å². The van der Waals surface area contributed by atoms with Gasteiger partial charge in [-0.2, -0.15) is 0 Å². The minimum absolute atomic E-state index is 0.0675. The molecule has 1 amide bonds. The first-order valence-corrected chi connectivity index (χ1v) is 11.0. The van der Waals surface area contributed by atoms with E-state index < -0.39 is 12.2 Å². The predicted octanol–water partition coefficient (Wildman–Crippen LogP) is 0.743. The molecule has 0 bridgehead atoms. The van der Waals surface area contributed by atoms with Crippen LogP contribution in [0.25, 0.3) is 0 Å². The lowest BCUT2D eigenvalue weighted by Crippen LogP contribution is -2.57. The standard InChI is InChI=1S/C22H32FN3O4/c23-16-5-7-17(8-6-16)25-9-11-26(12-10-25)20-18(30-19(14-27)21(20)28)13-24-22(29)15-3-1-2-4-15/h5-8,15,18-21,27-28H,1-4,9-14H2,(H,24,29)/t18-,19+,20-,21-/m1/s1. The summed E-state index contributed by atoms with van der Waals surface area (Å²) in [6.45, 7) is 3.02. The maximum absolute atomic E-state index is 13.2. The van der Waals surface area contributed by atoms with Crippen LogP contribution in [0.1, 0.15) is 25.7 Å². The number of aliphatic hydroxyl groups is 2. The van der Waals surface area contributed by atoms with E-state index >= 15 is 0 Å². The van der Waals surface area contributed by atoms with Crippen LogP contribution in [0.2, 0.25) is 0 Å². The Morgan fingerprint density at radius 1 is 1.10 bits per heavy atom. The minimum atomic E-state index is -0.805. The number of aliphatic hydroxyl groups excluding tert-OH is 2. The number of rotatable bonds is 6. The third-order valence-electron chi connectivity index (χ3n) is 6.77. The summed E-state index contributed by atoms with van der Waals surface area (Å²) in [4.78, 5) is 16.8. The Bertz CT molecular complexity index is 705. The highest BCUT2D eigenvalue weighted by Crippen LogP contribution is 2.28. The highest BCUT2D eigenvalue weighted by molar-refractivity contribution is 5.78. The first-order chi connectivity index (χ1) is 14.6. The lowest BCUT2D eigenvalue weighted by Gasteiger charge is -2.41. The number of carbonyl (C=O) groups excluding carboxylic acids is 1. The molecule has 2 aliphatic heterocycles. The van der Waals surface area contributed by atoms with Gasteiger partial charge in [-0.15, -0.1) is 0 Å². The molecule has 0 radical (unpaired) electrons. The van der Waals surface area contributed by atoms with Gasteiger partial charge in [0, 0.05) is 44.3 Å². The lowest BCUT2D eigenvalue weighted by atomic mass is 10.0. The summed E-state index contributed by atoms with van der Waals surface area (Å²) in [5, 5.41) is 23.4. The number of anilines is 1. The van der Waals surface area contributed by atoms with Crippen molar-refractivity contribution in [2.45, 2.75) is 50.0 Å². The summed E-state index contributed by atoms with van der Waals surface area (Å²) in [6.07, 6.45) is 2.27. The molecule has 2 heterocycles. The molecule has 3 fully saturated rings. The summed E-state index contributed by atoms with van der Waals surface area (Å²) in [6, 6.07) is 6.21. The monoisotopic (exact) mass is 421 g/mol. The molecule has 166 valence electrons. The second-order valence-corrected chi connectivity index (χ2v) is 8.60. The van der Waals surface area contributed by atoms with Gasteiger partial charge in [-0.1, -0.05) is 12.8 Å². The van der Waals surface area contributed by atoms with Crippen LogP contribution in [0.15, 0.2) is 24.3 Å². The highest BCUT2D eigenvalue weighted by Gasteiger charge is 2.47. The van der Waals surface area contributed by atoms with Crippen LogP contribution < -0.4 is 10.2 Å². The van der Waals surface area contributed by atoms with Crippen molar-refractivity contribution in [2.75, 3.05) is 44.2 Å². The largest absolute Gasteiger partial charge is 0.394 e. The molecule has 1 aromatic carbocycles. The Morgan fingerprint density at radius 3 is 2.40 bits per heavy atom. The number of piperazine rings is 1. The van der Waals surface area contributed by atoms with E-state index in [1.165, 1.54) is 12.1 Å². The quantitative estimate of drug-likeness (QED) is 0.629. The van der Waals surface area contributed by atoms with Gasteiger partial charge < -0.3 is 25.2 Å². The van der Waals surface area contributed by atoms with Gasteiger partial charge in [-0.3, -0.25) is 9.69 Å². The number of amides is 1. The topological polar surface area (TPSA) is 85.3 Å². The Balaban J connectivity index is 1.36. The van der Waals surface area contributed by atoms with Gasteiger partial charge in [-0.25, -0.2) is 4.39 Å². The molecule has 3 aliphatic rings. The number of hydrogen-bond acceptors (Lipinski definition) is 6. The molecule has 8 heteroatoms. The maximum Gasteiger partial charge on any atom is 0.223 e. The van der Waals surface area contributed by atoms with E-state index in [1.807, 2.05) is 0 Å². The van der Waals surface area contributed by atoms with Crippen LogP contribution in [0.5, 0.6) is 0 Å². The Labute approximate surface area is 176 Å². The molecule has 1 aromatic rings. The summed E-state index contributed by atoms with van der Waals surface area (Å²) in [7, 11) is 0. The highest BCUT2D eigenvalue weighted by atomic mass is 19.1. The van der Waals surface area contributed by atoms with Crippen LogP contribution in [-0.2, 0) is 9.53 Å². The Morgan fingerprint density at radius 2 is 1.77 bits per heavy atom. The number of benzene rings is 1. The first kappa shape index (κ1) is 21.5. The number of nitrogens with one attached hydrogen (secondary N) is 1. The number of nitrogens with zero attached hydrogens (tertiary/aromatic N) is 2. The van der Waals surface area contributed by atoms with Gasteiger partial charge in [0.25, 0.3) is 0 Å². The van der Waals surface area contributed by atoms with Crippen molar-refractivity contribution in [1.29, 1.82) is 0 Å². The molecule has 0 aromatic heterocycles. The number of ether oxygens (including phenoxy) is 1. The molecule has 7 nitrogen and oxygen atoms in total. The van der Waals surface area contributed by atoms with Gasteiger partial charge in [0.15, 0.2) is 0 Å². The van der Waals surface area contributed by atoms with Gasteiger partial charge in [0.2, 0.25) is 5.91 Å². The summed E-state index contributed by atoms with van der Waals surface area (Å²) < 4.78 is 19.1. The van der Waals surface area contributed by atoms with Crippen molar-refractivity contribution in [3.05, 3.63) is 30.1 Å². The Kier molecular flexibility index (Phi) is 6.87. The van der Waals surface area contributed by atoms with Crippen molar-refractivity contribution in [3.63, 3.8) is 0 Å². The molecule has 3 N–H and O–H groups in total. The maximum atomic E-state index is 13.2. The smallest absolute Gasteiger partial charge is 0.223 e. The first-order valence-electron chi connectivity index (χ1n) is 11.0.